The van der Waals surface area contributed by atoms with Gasteiger partial charge in [0.25, 0.3) is 5.91 Å². The van der Waals surface area contributed by atoms with Gasteiger partial charge in [-0.1, -0.05) is 23.8 Å². The Morgan fingerprint density at radius 2 is 2.19 bits per heavy atom. The van der Waals surface area contributed by atoms with E-state index >= 15 is 0 Å². The fourth-order valence-electron chi connectivity index (χ4n) is 3.70. The minimum Gasteiger partial charge on any atom is -0.381 e. The molecule has 1 fully saturated rings. The van der Waals surface area contributed by atoms with E-state index in [4.69, 9.17) is 4.74 Å². The molecule has 0 bridgehead atoms. The Kier molecular flexibility index (Phi) is 4.94. The molecule has 140 valence electrons. The second-order valence-electron chi connectivity index (χ2n) is 7.35. The number of hydrogen-bond acceptors (Lipinski definition) is 3. The van der Waals surface area contributed by atoms with Gasteiger partial charge in [-0.3, -0.25) is 9.48 Å². The van der Waals surface area contributed by atoms with Gasteiger partial charge in [0, 0.05) is 43.3 Å². The summed E-state index contributed by atoms with van der Waals surface area (Å²) in [6.07, 6.45) is 2.06. The Hall–Kier alpha value is -2.66. The standard InChI is InChI=1S/C22H25N3O2/c1-15-6-7-20-19(12-15)21(24-25(20)2)17-4-3-5-18(13-17)22(26)23-10-8-16-9-11-27-14-16/h3-7,12-13,16H,8-11,14H2,1-2H3,(H,23,26). The lowest BCUT2D eigenvalue weighted by atomic mass is 10.0. The Balaban J connectivity index is 1.54. The Morgan fingerprint density at radius 3 is 3.00 bits per heavy atom. The molecule has 1 atom stereocenters. The molecule has 1 unspecified atom stereocenters. The number of hydrogen-bond donors (Lipinski definition) is 1. The average molecular weight is 363 g/mol. The van der Waals surface area contributed by atoms with Crippen LogP contribution in [0.5, 0.6) is 0 Å². The number of ether oxygens (including phenoxy) is 1. The Labute approximate surface area is 159 Å². The van der Waals surface area contributed by atoms with Gasteiger partial charge in [0.15, 0.2) is 0 Å². The second-order valence-corrected chi connectivity index (χ2v) is 7.35. The van der Waals surface area contributed by atoms with Gasteiger partial charge >= 0.3 is 0 Å². The largest absolute Gasteiger partial charge is 0.381 e. The predicted octanol–water partition coefficient (Wildman–Crippen LogP) is 3.71. The average Bonchev–Trinajstić information content (AvgIpc) is 3.30. The highest BCUT2D eigenvalue weighted by molar-refractivity contribution is 5.98. The molecule has 4 rings (SSSR count). The lowest BCUT2D eigenvalue weighted by Crippen LogP contribution is -2.26. The summed E-state index contributed by atoms with van der Waals surface area (Å²) in [5.41, 5.74) is 4.82. The van der Waals surface area contributed by atoms with Gasteiger partial charge in [-0.15, -0.1) is 0 Å². The topological polar surface area (TPSA) is 56.1 Å². The van der Waals surface area contributed by atoms with Crippen LogP contribution >= 0.6 is 0 Å². The molecule has 27 heavy (non-hydrogen) atoms. The van der Waals surface area contributed by atoms with Crippen LogP contribution < -0.4 is 5.32 Å². The van der Waals surface area contributed by atoms with Crippen LogP contribution in [0, 0.1) is 12.8 Å². The van der Waals surface area contributed by atoms with Crippen molar-refractivity contribution >= 4 is 16.8 Å². The van der Waals surface area contributed by atoms with Crippen LogP contribution in [0.25, 0.3) is 22.2 Å². The summed E-state index contributed by atoms with van der Waals surface area (Å²) in [4.78, 5) is 12.6. The maximum Gasteiger partial charge on any atom is 0.251 e. The van der Waals surface area contributed by atoms with Crippen LogP contribution in [0.3, 0.4) is 0 Å². The third kappa shape index (κ3) is 3.74. The molecule has 3 aromatic rings. The first kappa shape index (κ1) is 17.7. The molecule has 0 aliphatic carbocycles. The molecule has 5 heteroatoms. The van der Waals surface area contributed by atoms with Gasteiger partial charge < -0.3 is 10.1 Å². The number of fused-ring (bicyclic) bond motifs is 1. The molecule has 1 amide bonds. The fraction of sp³-hybridized carbons (Fsp3) is 0.364. The first-order chi connectivity index (χ1) is 13.1. The number of aromatic nitrogens is 2. The molecule has 0 saturated carbocycles. The minimum absolute atomic E-state index is 0.0350. The third-order valence-electron chi connectivity index (χ3n) is 5.27. The van der Waals surface area contributed by atoms with Gasteiger partial charge in [0.05, 0.1) is 5.52 Å². The van der Waals surface area contributed by atoms with Gasteiger partial charge in [0.2, 0.25) is 0 Å². The molecule has 1 saturated heterocycles. The molecule has 1 aromatic heterocycles. The second kappa shape index (κ2) is 7.53. The number of carbonyl (C=O) groups is 1. The number of nitrogens with zero attached hydrogens (tertiary/aromatic N) is 2. The maximum absolute atomic E-state index is 12.6. The highest BCUT2D eigenvalue weighted by Crippen LogP contribution is 2.29. The van der Waals surface area contributed by atoms with E-state index in [0.717, 1.165) is 48.2 Å². The molecule has 2 aromatic carbocycles. The van der Waals surface area contributed by atoms with Crippen molar-refractivity contribution in [3.8, 4) is 11.3 Å². The van der Waals surface area contributed by atoms with Gasteiger partial charge in [0.1, 0.15) is 5.69 Å². The molecule has 1 aliphatic heterocycles. The smallest absolute Gasteiger partial charge is 0.251 e. The van der Waals surface area contributed by atoms with Crippen molar-refractivity contribution in [2.24, 2.45) is 13.0 Å². The number of amides is 1. The highest BCUT2D eigenvalue weighted by atomic mass is 16.5. The first-order valence-corrected chi connectivity index (χ1v) is 9.51. The van der Waals surface area contributed by atoms with Crippen molar-refractivity contribution in [3.05, 3.63) is 53.6 Å². The zero-order valence-electron chi connectivity index (χ0n) is 15.9. The van der Waals surface area contributed by atoms with E-state index in [2.05, 4.69) is 35.5 Å². The summed E-state index contributed by atoms with van der Waals surface area (Å²) in [5, 5.41) is 8.83. The first-order valence-electron chi connectivity index (χ1n) is 9.51. The summed E-state index contributed by atoms with van der Waals surface area (Å²) < 4.78 is 7.28. The highest BCUT2D eigenvalue weighted by Gasteiger charge is 2.16. The normalized spacial score (nSPS) is 16.7. The molecule has 2 heterocycles. The SMILES string of the molecule is Cc1ccc2c(c1)c(-c1cccc(C(=O)NCCC3CCOC3)c1)nn2C. The monoisotopic (exact) mass is 363 g/mol. The lowest BCUT2D eigenvalue weighted by Gasteiger charge is -2.09. The van der Waals surface area contributed by atoms with E-state index in [9.17, 15) is 4.79 Å². The van der Waals surface area contributed by atoms with E-state index in [1.54, 1.807) is 0 Å². The number of aryl methyl sites for hydroxylation is 2. The summed E-state index contributed by atoms with van der Waals surface area (Å²) in [6, 6.07) is 14.0. The van der Waals surface area contributed by atoms with Crippen molar-refractivity contribution in [3.63, 3.8) is 0 Å². The zero-order chi connectivity index (χ0) is 18.8. The van der Waals surface area contributed by atoms with Crippen LogP contribution in [0.2, 0.25) is 0 Å². The molecular weight excluding hydrogens is 338 g/mol. The van der Waals surface area contributed by atoms with Gasteiger partial charge in [-0.25, -0.2) is 0 Å². The lowest BCUT2D eigenvalue weighted by molar-refractivity contribution is 0.0950. The van der Waals surface area contributed by atoms with Gasteiger partial charge in [-0.05, 0) is 49.9 Å². The van der Waals surface area contributed by atoms with Crippen molar-refractivity contribution < 1.29 is 9.53 Å². The fourth-order valence-corrected chi connectivity index (χ4v) is 3.70. The van der Waals surface area contributed by atoms with Gasteiger partial charge in [-0.2, -0.15) is 5.10 Å². The van der Waals surface area contributed by atoms with E-state index in [1.165, 1.54) is 5.56 Å². The Bertz CT molecular complexity index is 971. The summed E-state index contributed by atoms with van der Waals surface area (Å²) in [6.45, 7) is 4.42. The molecule has 0 radical (unpaired) electrons. The zero-order valence-corrected chi connectivity index (χ0v) is 15.9. The van der Waals surface area contributed by atoms with E-state index in [1.807, 2.05) is 36.0 Å². The van der Waals surface area contributed by atoms with E-state index in [0.29, 0.717) is 18.0 Å². The van der Waals surface area contributed by atoms with Crippen molar-refractivity contribution in [1.29, 1.82) is 0 Å². The molecule has 1 N–H and O–H groups in total. The third-order valence-corrected chi connectivity index (χ3v) is 5.27. The predicted molar refractivity (Wildman–Crippen MR) is 107 cm³/mol. The summed E-state index contributed by atoms with van der Waals surface area (Å²) in [5.74, 6) is 0.534. The van der Waals surface area contributed by atoms with Crippen molar-refractivity contribution in [2.45, 2.75) is 19.8 Å². The van der Waals surface area contributed by atoms with E-state index in [-0.39, 0.29) is 5.91 Å². The number of benzene rings is 2. The number of carbonyl (C=O) groups excluding carboxylic acids is 1. The summed E-state index contributed by atoms with van der Waals surface area (Å²) >= 11 is 0. The van der Waals surface area contributed by atoms with Crippen LogP contribution in [0.4, 0.5) is 0 Å². The summed E-state index contributed by atoms with van der Waals surface area (Å²) in [7, 11) is 1.95. The minimum atomic E-state index is -0.0350. The van der Waals surface area contributed by atoms with Crippen molar-refractivity contribution in [1.82, 2.24) is 15.1 Å². The number of nitrogens with one attached hydrogen (secondary N) is 1. The quantitative estimate of drug-likeness (QED) is 0.752. The molecule has 0 spiro atoms. The molecular formula is C22H25N3O2. The van der Waals surface area contributed by atoms with Crippen LogP contribution in [-0.2, 0) is 11.8 Å². The molecule has 5 nitrogen and oxygen atoms in total. The van der Waals surface area contributed by atoms with Crippen molar-refractivity contribution in [2.75, 3.05) is 19.8 Å². The van der Waals surface area contributed by atoms with Crippen LogP contribution in [0.15, 0.2) is 42.5 Å². The molecule has 1 aliphatic rings. The van der Waals surface area contributed by atoms with Crippen LogP contribution in [-0.4, -0.2) is 35.4 Å². The Morgan fingerprint density at radius 1 is 1.30 bits per heavy atom. The van der Waals surface area contributed by atoms with Crippen LogP contribution in [0.1, 0.15) is 28.8 Å². The number of rotatable bonds is 5. The van der Waals surface area contributed by atoms with E-state index < -0.39 is 0 Å². The maximum atomic E-state index is 12.6.